The molecule has 1 amide bonds. The number of nitrogens with zero attached hydrogens (tertiary/aromatic N) is 1. The van der Waals surface area contributed by atoms with Gasteiger partial charge in [0.25, 0.3) is 5.91 Å². The van der Waals surface area contributed by atoms with Crippen molar-refractivity contribution in [1.82, 2.24) is 10.3 Å². The minimum Gasteiger partial charge on any atom is -0.385 e. The summed E-state index contributed by atoms with van der Waals surface area (Å²) < 4.78 is 4.94. The summed E-state index contributed by atoms with van der Waals surface area (Å²) in [5, 5.41) is 6.30. The Morgan fingerprint density at radius 1 is 1.47 bits per heavy atom. The fraction of sp³-hybridized carbons (Fsp3) is 0.538. The van der Waals surface area contributed by atoms with Crippen molar-refractivity contribution in [2.24, 2.45) is 0 Å². The molecule has 0 aliphatic heterocycles. The van der Waals surface area contributed by atoms with Crippen LogP contribution in [0.1, 0.15) is 30.1 Å². The lowest BCUT2D eigenvalue weighted by Gasteiger charge is -2.08. The quantitative estimate of drug-likeness (QED) is 0.720. The molecular formula is C13H20ClN3O2. The van der Waals surface area contributed by atoms with Gasteiger partial charge in [-0.15, -0.1) is 0 Å². The molecule has 106 valence electrons. The van der Waals surface area contributed by atoms with E-state index in [1.54, 1.807) is 13.2 Å². The fourth-order valence-electron chi connectivity index (χ4n) is 1.53. The Bertz CT molecular complexity index is 413. The van der Waals surface area contributed by atoms with Gasteiger partial charge in [0.15, 0.2) is 0 Å². The van der Waals surface area contributed by atoms with E-state index in [9.17, 15) is 4.79 Å². The average Bonchev–Trinajstić information content (AvgIpc) is 2.41. The first-order valence-corrected chi connectivity index (χ1v) is 6.73. The Kier molecular flexibility index (Phi) is 7.22. The summed E-state index contributed by atoms with van der Waals surface area (Å²) in [6, 6.07) is 1.62. The summed E-state index contributed by atoms with van der Waals surface area (Å²) in [5.41, 5.74) is 0.471. The fourth-order valence-corrected chi connectivity index (χ4v) is 1.77. The molecule has 0 unspecified atom stereocenters. The molecule has 5 nitrogen and oxygen atoms in total. The Balaban J connectivity index is 2.46. The summed E-state index contributed by atoms with van der Waals surface area (Å²) in [6.45, 7) is 4.02. The number of aromatic nitrogens is 1. The molecule has 2 N–H and O–H groups in total. The van der Waals surface area contributed by atoms with Crippen LogP contribution in [0.2, 0.25) is 5.02 Å². The van der Waals surface area contributed by atoms with Crippen molar-refractivity contribution in [1.29, 1.82) is 0 Å². The Hall–Kier alpha value is -1.33. The van der Waals surface area contributed by atoms with Crippen LogP contribution in [0.15, 0.2) is 12.3 Å². The van der Waals surface area contributed by atoms with Crippen LogP contribution in [0.5, 0.6) is 0 Å². The first-order chi connectivity index (χ1) is 9.19. The topological polar surface area (TPSA) is 63.2 Å². The number of ether oxygens (including phenoxy) is 1. The van der Waals surface area contributed by atoms with Gasteiger partial charge in [-0.2, -0.15) is 0 Å². The summed E-state index contributed by atoms with van der Waals surface area (Å²) in [7, 11) is 1.66. The van der Waals surface area contributed by atoms with Gasteiger partial charge in [0.1, 0.15) is 5.82 Å². The number of unbranched alkanes of at least 4 members (excludes halogenated alkanes) is 1. The number of amides is 1. The first kappa shape index (κ1) is 15.7. The van der Waals surface area contributed by atoms with Crippen LogP contribution in [0.4, 0.5) is 5.82 Å². The maximum absolute atomic E-state index is 11.8. The molecule has 1 heterocycles. The smallest absolute Gasteiger partial charge is 0.252 e. The van der Waals surface area contributed by atoms with Crippen LogP contribution in [0.3, 0.4) is 0 Å². The minimum atomic E-state index is -0.158. The molecule has 0 saturated heterocycles. The molecule has 0 radical (unpaired) electrons. The lowest BCUT2D eigenvalue weighted by Crippen LogP contribution is -2.24. The van der Waals surface area contributed by atoms with Crippen LogP contribution in [-0.4, -0.2) is 37.7 Å². The van der Waals surface area contributed by atoms with Crippen molar-refractivity contribution in [3.05, 3.63) is 22.8 Å². The highest BCUT2D eigenvalue weighted by molar-refractivity contribution is 6.33. The monoisotopic (exact) mass is 285 g/mol. The molecule has 19 heavy (non-hydrogen) atoms. The molecule has 0 atom stereocenters. The molecule has 0 fully saturated rings. The summed E-state index contributed by atoms with van der Waals surface area (Å²) in [6.07, 6.45) is 3.33. The molecular weight excluding hydrogens is 266 g/mol. The largest absolute Gasteiger partial charge is 0.385 e. The number of rotatable bonds is 8. The van der Waals surface area contributed by atoms with E-state index in [1.165, 1.54) is 6.20 Å². The predicted octanol–water partition coefficient (Wildman–Crippen LogP) is 2.32. The van der Waals surface area contributed by atoms with Crippen molar-refractivity contribution >= 4 is 23.3 Å². The molecule has 0 spiro atoms. The van der Waals surface area contributed by atoms with Crippen LogP contribution in [-0.2, 0) is 4.74 Å². The maximum atomic E-state index is 11.8. The van der Waals surface area contributed by atoms with E-state index in [2.05, 4.69) is 15.6 Å². The van der Waals surface area contributed by atoms with Gasteiger partial charge in [0.05, 0.1) is 10.6 Å². The van der Waals surface area contributed by atoms with Crippen LogP contribution in [0.25, 0.3) is 0 Å². The number of halogens is 1. The van der Waals surface area contributed by atoms with E-state index < -0.39 is 0 Å². The van der Waals surface area contributed by atoms with Crippen molar-refractivity contribution in [3.8, 4) is 0 Å². The second-order valence-electron chi connectivity index (χ2n) is 4.04. The zero-order valence-corrected chi connectivity index (χ0v) is 12.1. The third-order valence-electron chi connectivity index (χ3n) is 2.51. The number of hydrogen-bond donors (Lipinski definition) is 2. The van der Waals surface area contributed by atoms with Gasteiger partial charge in [0, 0.05) is 33.0 Å². The summed E-state index contributed by atoms with van der Waals surface area (Å²) >= 11 is 6.03. The molecule has 0 bridgehead atoms. The zero-order valence-electron chi connectivity index (χ0n) is 11.3. The van der Waals surface area contributed by atoms with Gasteiger partial charge in [-0.25, -0.2) is 4.98 Å². The molecule has 1 aromatic heterocycles. The number of methoxy groups -OCH3 is 1. The predicted molar refractivity (Wildman–Crippen MR) is 76.9 cm³/mol. The maximum Gasteiger partial charge on any atom is 0.252 e. The minimum absolute atomic E-state index is 0.158. The zero-order chi connectivity index (χ0) is 14.1. The third kappa shape index (κ3) is 5.44. The summed E-state index contributed by atoms with van der Waals surface area (Å²) in [5.74, 6) is 0.440. The lowest BCUT2D eigenvalue weighted by molar-refractivity contribution is 0.0951. The molecule has 0 aliphatic carbocycles. The molecule has 6 heteroatoms. The number of hydrogen-bond acceptors (Lipinski definition) is 4. The Labute approximate surface area is 118 Å². The van der Waals surface area contributed by atoms with Gasteiger partial charge < -0.3 is 15.4 Å². The third-order valence-corrected chi connectivity index (χ3v) is 2.80. The first-order valence-electron chi connectivity index (χ1n) is 6.35. The van der Waals surface area contributed by atoms with Gasteiger partial charge in [0.2, 0.25) is 0 Å². The van der Waals surface area contributed by atoms with Crippen LogP contribution >= 0.6 is 11.6 Å². The molecule has 0 aliphatic rings. The van der Waals surface area contributed by atoms with Crippen molar-refractivity contribution in [3.63, 3.8) is 0 Å². The standard InChI is InChI=1S/C13H20ClN3O2/c1-3-15-12-11(14)8-10(9-17-12)13(18)16-6-4-5-7-19-2/h8-9H,3-7H2,1-2H3,(H,15,17)(H,16,18). The van der Waals surface area contributed by atoms with E-state index in [0.29, 0.717) is 29.6 Å². The van der Waals surface area contributed by atoms with Crippen molar-refractivity contribution in [2.45, 2.75) is 19.8 Å². The van der Waals surface area contributed by atoms with Gasteiger partial charge in [-0.3, -0.25) is 4.79 Å². The second-order valence-corrected chi connectivity index (χ2v) is 4.45. The van der Waals surface area contributed by atoms with Crippen LogP contribution < -0.4 is 10.6 Å². The van der Waals surface area contributed by atoms with E-state index in [0.717, 1.165) is 19.4 Å². The molecule has 1 aromatic rings. The number of carbonyl (C=O) groups excluding carboxylic acids is 1. The molecule has 0 aromatic carbocycles. The normalized spacial score (nSPS) is 10.3. The van der Waals surface area contributed by atoms with Gasteiger partial charge in [-0.05, 0) is 25.8 Å². The van der Waals surface area contributed by atoms with Crippen LogP contribution in [0, 0.1) is 0 Å². The number of carbonyl (C=O) groups is 1. The Morgan fingerprint density at radius 2 is 2.26 bits per heavy atom. The average molecular weight is 286 g/mol. The number of anilines is 1. The second kappa shape index (κ2) is 8.72. The SMILES string of the molecule is CCNc1ncc(C(=O)NCCCCOC)cc1Cl. The number of pyridine rings is 1. The Morgan fingerprint density at radius 3 is 2.89 bits per heavy atom. The highest BCUT2D eigenvalue weighted by Crippen LogP contribution is 2.19. The summed E-state index contributed by atoms with van der Waals surface area (Å²) in [4.78, 5) is 16.0. The van der Waals surface area contributed by atoms with Crippen molar-refractivity contribution in [2.75, 3.05) is 32.1 Å². The van der Waals surface area contributed by atoms with Gasteiger partial charge in [-0.1, -0.05) is 11.6 Å². The van der Waals surface area contributed by atoms with E-state index >= 15 is 0 Å². The highest BCUT2D eigenvalue weighted by Gasteiger charge is 2.08. The van der Waals surface area contributed by atoms with E-state index in [-0.39, 0.29) is 5.91 Å². The van der Waals surface area contributed by atoms with Crippen molar-refractivity contribution < 1.29 is 9.53 Å². The number of nitrogens with one attached hydrogen (secondary N) is 2. The molecule has 0 saturated carbocycles. The van der Waals surface area contributed by atoms with Gasteiger partial charge >= 0.3 is 0 Å². The molecule has 1 rings (SSSR count). The van der Waals surface area contributed by atoms with E-state index in [4.69, 9.17) is 16.3 Å². The highest BCUT2D eigenvalue weighted by atomic mass is 35.5. The lowest BCUT2D eigenvalue weighted by atomic mass is 10.2. The van der Waals surface area contributed by atoms with E-state index in [1.807, 2.05) is 6.92 Å².